The molecule has 1 heterocycles. The van der Waals surface area contributed by atoms with Crippen LogP contribution >= 0.6 is 0 Å². The summed E-state index contributed by atoms with van der Waals surface area (Å²) in [6.07, 6.45) is 7.41. The average Bonchev–Trinajstić information content (AvgIpc) is 2.57. The maximum absolute atomic E-state index is 10.3. The van der Waals surface area contributed by atoms with E-state index in [1.54, 1.807) is 0 Å². The van der Waals surface area contributed by atoms with Crippen LogP contribution in [0.5, 0.6) is 0 Å². The molecule has 5 aliphatic rings. The third-order valence-corrected chi connectivity index (χ3v) is 6.46. The van der Waals surface area contributed by atoms with Crippen molar-refractivity contribution in [1.29, 1.82) is 0 Å². The Bertz CT molecular complexity index is 430. The molecule has 4 heteroatoms. The molecule has 4 aliphatic carbocycles. The summed E-state index contributed by atoms with van der Waals surface area (Å²) < 4.78 is 13.0. The zero-order valence-electron chi connectivity index (χ0n) is 12.0. The van der Waals surface area contributed by atoms with E-state index < -0.39 is 8.32 Å². The van der Waals surface area contributed by atoms with Crippen molar-refractivity contribution in [1.82, 2.24) is 0 Å². The van der Waals surface area contributed by atoms with Crippen molar-refractivity contribution >= 4 is 8.32 Å². The van der Waals surface area contributed by atoms with E-state index in [-0.39, 0.29) is 18.0 Å². The summed E-state index contributed by atoms with van der Waals surface area (Å²) in [5, 5.41) is 10.3. The highest BCUT2D eigenvalue weighted by molar-refractivity contribution is 6.69. The van der Waals surface area contributed by atoms with Gasteiger partial charge in [0.05, 0.1) is 12.2 Å². The van der Waals surface area contributed by atoms with Crippen molar-refractivity contribution in [3.63, 3.8) is 0 Å². The van der Waals surface area contributed by atoms with E-state index >= 15 is 0 Å². The molecule has 0 unspecified atom stereocenters. The lowest BCUT2D eigenvalue weighted by molar-refractivity contribution is -0.226. The number of aliphatic hydroxyl groups is 1. The Labute approximate surface area is 116 Å². The molecule has 0 radical (unpaired) electrons. The molecule has 19 heavy (non-hydrogen) atoms. The van der Waals surface area contributed by atoms with Gasteiger partial charge in [-0.2, -0.15) is 0 Å². The smallest absolute Gasteiger partial charge is 0.187 e. The molecule has 0 amide bonds. The molecule has 1 aliphatic heterocycles. The van der Waals surface area contributed by atoms with E-state index in [0.29, 0.717) is 23.7 Å². The maximum Gasteiger partial charge on any atom is 0.187 e. The van der Waals surface area contributed by atoms with E-state index in [2.05, 4.69) is 25.7 Å². The van der Waals surface area contributed by atoms with Gasteiger partial charge < -0.3 is 14.3 Å². The topological polar surface area (TPSA) is 38.7 Å². The predicted molar refractivity (Wildman–Crippen MR) is 75.0 cm³/mol. The fourth-order valence-corrected chi connectivity index (χ4v) is 6.53. The number of hydrogen-bond acceptors (Lipinski definition) is 3. The summed E-state index contributed by atoms with van der Waals surface area (Å²) in [4.78, 5) is 0. The summed E-state index contributed by atoms with van der Waals surface area (Å²) in [5.41, 5.74) is 0. The molecular weight excluding hydrogens is 256 g/mol. The third-order valence-electron chi connectivity index (χ3n) is 5.50. The van der Waals surface area contributed by atoms with Gasteiger partial charge in [-0.25, -0.2) is 0 Å². The van der Waals surface area contributed by atoms with Crippen LogP contribution in [0.4, 0.5) is 0 Å². The summed E-state index contributed by atoms with van der Waals surface area (Å²) in [6.45, 7) is 6.74. The van der Waals surface area contributed by atoms with Crippen molar-refractivity contribution in [3.05, 3.63) is 12.2 Å². The Hall–Kier alpha value is -0.163. The highest BCUT2D eigenvalue weighted by Crippen LogP contribution is 2.64. The minimum absolute atomic E-state index is 0.181. The van der Waals surface area contributed by atoms with Crippen LogP contribution in [-0.2, 0) is 9.16 Å². The molecular formula is C15H24O3Si. The van der Waals surface area contributed by atoms with E-state index in [4.69, 9.17) is 9.16 Å². The highest BCUT2D eigenvalue weighted by atomic mass is 28.4. The molecule has 1 saturated heterocycles. The first-order valence-electron chi connectivity index (χ1n) is 7.64. The normalized spacial score (nSPS) is 54.7. The first-order valence-corrected chi connectivity index (χ1v) is 11.0. The number of rotatable bonds is 2. The fourth-order valence-electron chi connectivity index (χ4n) is 5.21. The molecule has 1 N–H and O–H groups in total. The van der Waals surface area contributed by atoms with Gasteiger partial charge in [0.1, 0.15) is 0 Å². The molecule has 106 valence electrons. The third kappa shape index (κ3) is 1.66. The average molecular weight is 280 g/mol. The van der Waals surface area contributed by atoms with Crippen LogP contribution in [0.15, 0.2) is 12.2 Å². The number of aliphatic hydroxyl groups excluding tert-OH is 1. The maximum atomic E-state index is 10.3. The van der Waals surface area contributed by atoms with E-state index in [1.165, 1.54) is 12.8 Å². The quantitative estimate of drug-likeness (QED) is 0.624. The minimum atomic E-state index is -1.62. The van der Waals surface area contributed by atoms with Crippen molar-refractivity contribution in [2.24, 2.45) is 23.7 Å². The van der Waals surface area contributed by atoms with Gasteiger partial charge in [0, 0.05) is 18.3 Å². The monoisotopic (exact) mass is 280 g/mol. The van der Waals surface area contributed by atoms with Crippen molar-refractivity contribution in [3.8, 4) is 0 Å². The molecule has 0 aromatic heterocycles. The molecule has 4 fully saturated rings. The molecule has 5 rings (SSSR count). The molecule has 0 aromatic carbocycles. The molecule has 3 nitrogen and oxygen atoms in total. The summed E-state index contributed by atoms with van der Waals surface area (Å²) in [6, 6.07) is 0. The number of hydrogen-bond donors (Lipinski definition) is 1. The SMILES string of the molecule is C[Si](C)(C)O[C@]12C[C@@H]3CC[C@H]1[C@H]1[C@@H]3[C@@H](O)C=C[C@H]1O2. The molecule has 3 saturated carbocycles. The second kappa shape index (κ2) is 3.73. The second-order valence-corrected chi connectivity index (χ2v) is 12.2. The second-order valence-electron chi connectivity index (χ2n) is 7.79. The van der Waals surface area contributed by atoms with Crippen LogP contribution < -0.4 is 0 Å². The van der Waals surface area contributed by atoms with E-state index in [0.717, 1.165) is 6.42 Å². The Morgan fingerprint density at radius 2 is 2.00 bits per heavy atom. The summed E-state index contributed by atoms with van der Waals surface area (Å²) in [5.74, 6) is 1.65. The van der Waals surface area contributed by atoms with Crippen LogP contribution in [0.2, 0.25) is 19.6 Å². The van der Waals surface area contributed by atoms with E-state index in [1.807, 2.05) is 6.08 Å². The first kappa shape index (κ1) is 12.6. The Morgan fingerprint density at radius 1 is 1.21 bits per heavy atom. The predicted octanol–water partition coefficient (Wildman–Crippen LogP) is 2.53. The van der Waals surface area contributed by atoms with Crippen LogP contribution in [0.3, 0.4) is 0 Å². The van der Waals surface area contributed by atoms with Crippen molar-refractivity contribution < 1.29 is 14.3 Å². The van der Waals surface area contributed by atoms with Gasteiger partial charge in [-0.15, -0.1) is 0 Å². The first-order chi connectivity index (χ1) is 8.90. The van der Waals surface area contributed by atoms with Gasteiger partial charge in [-0.3, -0.25) is 0 Å². The Morgan fingerprint density at radius 3 is 2.74 bits per heavy atom. The molecule has 0 aromatic rings. The molecule has 7 atom stereocenters. The molecule has 0 spiro atoms. The summed E-state index contributed by atoms with van der Waals surface area (Å²) in [7, 11) is -1.62. The lowest BCUT2D eigenvalue weighted by Crippen LogP contribution is -2.58. The number of ether oxygens (including phenoxy) is 1. The largest absolute Gasteiger partial charge is 0.391 e. The van der Waals surface area contributed by atoms with Gasteiger partial charge in [-0.1, -0.05) is 12.2 Å². The highest BCUT2D eigenvalue weighted by Gasteiger charge is 2.67. The van der Waals surface area contributed by atoms with Gasteiger partial charge in [0.15, 0.2) is 14.1 Å². The van der Waals surface area contributed by atoms with E-state index in [9.17, 15) is 5.11 Å². The van der Waals surface area contributed by atoms with Crippen LogP contribution in [0.1, 0.15) is 19.3 Å². The van der Waals surface area contributed by atoms with Gasteiger partial charge in [-0.05, 0) is 44.3 Å². The van der Waals surface area contributed by atoms with Crippen molar-refractivity contribution in [2.75, 3.05) is 0 Å². The minimum Gasteiger partial charge on any atom is -0.391 e. The zero-order chi connectivity index (χ0) is 13.4. The zero-order valence-corrected chi connectivity index (χ0v) is 13.0. The van der Waals surface area contributed by atoms with Crippen molar-refractivity contribution in [2.45, 2.75) is 56.9 Å². The fraction of sp³-hybridized carbons (Fsp3) is 0.867. The standard InChI is InChI=1S/C15H24O3Si/c1-19(2,3)18-15-8-9-4-5-10(15)14-12(17-15)7-6-11(16)13(9)14/h6-7,9-14,16H,4-5,8H2,1-3H3/t9-,10-,11-,12+,13-,14+,15+/m0/s1. The number of fused-ring (bicyclic) bond motifs is 1. The van der Waals surface area contributed by atoms with Gasteiger partial charge in [0.2, 0.25) is 0 Å². The summed E-state index contributed by atoms with van der Waals surface area (Å²) >= 11 is 0. The van der Waals surface area contributed by atoms with Gasteiger partial charge >= 0.3 is 0 Å². The van der Waals surface area contributed by atoms with Gasteiger partial charge in [0.25, 0.3) is 0 Å². The Kier molecular flexibility index (Phi) is 2.46. The molecule has 4 bridgehead atoms. The van der Waals surface area contributed by atoms with Crippen LogP contribution in [0, 0.1) is 23.7 Å². The lowest BCUT2D eigenvalue weighted by atomic mass is 9.54. The Balaban J connectivity index is 1.74. The van der Waals surface area contributed by atoms with Crippen LogP contribution in [0.25, 0.3) is 0 Å². The lowest BCUT2D eigenvalue weighted by Gasteiger charge is -2.54. The van der Waals surface area contributed by atoms with Crippen LogP contribution in [-0.4, -0.2) is 31.4 Å².